The van der Waals surface area contributed by atoms with E-state index in [2.05, 4.69) is 0 Å². The van der Waals surface area contributed by atoms with Gasteiger partial charge in [0.15, 0.2) is 0 Å². The van der Waals surface area contributed by atoms with E-state index in [1.807, 2.05) is 0 Å². The summed E-state index contributed by atoms with van der Waals surface area (Å²) in [7, 11) is 1.37. The summed E-state index contributed by atoms with van der Waals surface area (Å²) in [5, 5.41) is 8.61. The van der Waals surface area contributed by atoms with E-state index in [-0.39, 0.29) is 11.3 Å². The van der Waals surface area contributed by atoms with Gasteiger partial charge in [0.25, 0.3) is 0 Å². The molecular formula is C13H14F3NO4. The Morgan fingerprint density at radius 3 is 2.43 bits per heavy atom. The fraction of sp³-hybridized carbons (Fsp3) is 0.385. The average Bonchev–Trinajstić information content (AvgIpc) is 2.36. The number of halogens is 3. The lowest BCUT2D eigenvalue weighted by Crippen LogP contribution is -2.42. The smallest absolute Gasteiger partial charge is 0.406 e. The lowest BCUT2D eigenvalue weighted by molar-refractivity contribution is -0.165. The fourth-order valence-corrected chi connectivity index (χ4v) is 1.74. The Morgan fingerprint density at radius 1 is 1.29 bits per heavy atom. The number of alkyl halides is 3. The first-order valence-electron chi connectivity index (χ1n) is 5.91. The van der Waals surface area contributed by atoms with Crippen molar-refractivity contribution in [1.82, 2.24) is 4.90 Å². The number of carbonyl (C=O) groups excluding carboxylic acids is 1. The van der Waals surface area contributed by atoms with Crippen LogP contribution >= 0.6 is 0 Å². The predicted octanol–water partition coefficient (Wildman–Crippen LogP) is 1.71. The van der Waals surface area contributed by atoms with Crippen LogP contribution in [-0.4, -0.2) is 48.3 Å². The summed E-state index contributed by atoms with van der Waals surface area (Å²) < 4.78 is 42.2. The van der Waals surface area contributed by atoms with Gasteiger partial charge in [-0.25, -0.2) is 0 Å². The van der Waals surface area contributed by atoms with E-state index in [0.29, 0.717) is 11.3 Å². The molecule has 0 atom stereocenters. The Labute approximate surface area is 118 Å². The number of carboxylic acids is 1. The van der Waals surface area contributed by atoms with Crippen molar-refractivity contribution in [3.05, 3.63) is 29.8 Å². The van der Waals surface area contributed by atoms with Crippen molar-refractivity contribution in [2.24, 2.45) is 0 Å². The fourth-order valence-electron chi connectivity index (χ4n) is 1.74. The molecule has 0 fully saturated rings. The van der Waals surface area contributed by atoms with Crippen LogP contribution in [0.15, 0.2) is 24.3 Å². The molecule has 1 amide bonds. The molecule has 21 heavy (non-hydrogen) atoms. The summed E-state index contributed by atoms with van der Waals surface area (Å²) in [5.41, 5.74) is 0.391. The molecule has 0 unspecified atom stereocenters. The Balaban J connectivity index is 2.87. The Morgan fingerprint density at radius 2 is 1.90 bits per heavy atom. The van der Waals surface area contributed by atoms with E-state index in [4.69, 9.17) is 9.84 Å². The lowest BCUT2D eigenvalue weighted by Gasteiger charge is -2.22. The monoisotopic (exact) mass is 305 g/mol. The first kappa shape index (κ1) is 16.8. The third-order valence-corrected chi connectivity index (χ3v) is 2.58. The summed E-state index contributed by atoms with van der Waals surface area (Å²) in [6.07, 6.45) is -5.03. The van der Waals surface area contributed by atoms with E-state index in [9.17, 15) is 22.8 Å². The molecule has 0 bridgehead atoms. The number of hydrogen-bond donors (Lipinski definition) is 1. The van der Waals surface area contributed by atoms with Crippen LogP contribution in [0.25, 0.3) is 0 Å². The number of nitrogens with zero attached hydrogens (tertiary/aromatic N) is 1. The number of para-hydroxylation sites is 1. The third kappa shape index (κ3) is 5.72. The van der Waals surface area contributed by atoms with Crippen molar-refractivity contribution < 1.29 is 32.6 Å². The van der Waals surface area contributed by atoms with Crippen LogP contribution in [0.3, 0.4) is 0 Å². The van der Waals surface area contributed by atoms with Gasteiger partial charge in [0.1, 0.15) is 18.8 Å². The number of carbonyl (C=O) groups is 2. The molecule has 8 heteroatoms. The van der Waals surface area contributed by atoms with Gasteiger partial charge in [0.05, 0.1) is 13.5 Å². The number of amides is 1. The Kier molecular flexibility index (Phi) is 5.57. The minimum absolute atomic E-state index is 0.259. The van der Waals surface area contributed by atoms with Gasteiger partial charge in [-0.05, 0) is 6.07 Å². The summed E-state index contributed by atoms with van der Waals surface area (Å²) in [5.74, 6) is -2.08. The first-order chi connectivity index (χ1) is 9.73. The largest absolute Gasteiger partial charge is 0.496 e. The second-order valence-corrected chi connectivity index (χ2v) is 4.25. The number of hydrogen-bond acceptors (Lipinski definition) is 3. The molecule has 0 radical (unpaired) electrons. The highest BCUT2D eigenvalue weighted by molar-refractivity contribution is 5.83. The normalized spacial score (nSPS) is 11.0. The molecule has 116 valence electrons. The standard InChI is InChI=1S/C13H14F3NO4/c1-21-10-5-3-2-4-9(10)6-11(18)17(7-12(19)20)8-13(14,15)16/h2-5H,6-8H2,1H3,(H,19,20). The van der Waals surface area contributed by atoms with Gasteiger partial charge in [0, 0.05) is 5.56 Å². The van der Waals surface area contributed by atoms with Crippen molar-refractivity contribution in [3.8, 4) is 5.75 Å². The molecule has 0 aliphatic rings. The molecule has 1 rings (SSSR count). The second-order valence-electron chi connectivity index (χ2n) is 4.25. The number of carboxylic acid groups (broad SMARTS) is 1. The summed E-state index contributed by atoms with van der Waals surface area (Å²) in [4.78, 5) is 22.7. The van der Waals surface area contributed by atoms with Crippen LogP contribution in [0.1, 0.15) is 5.56 Å². The highest BCUT2D eigenvalue weighted by atomic mass is 19.4. The van der Waals surface area contributed by atoms with Crippen LogP contribution in [0.2, 0.25) is 0 Å². The highest BCUT2D eigenvalue weighted by Crippen LogP contribution is 2.20. The van der Waals surface area contributed by atoms with Crippen molar-refractivity contribution >= 4 is 11.9 Å². The zero-order valence-corrected chi connectivity index (χ0v) is 11.2. The maximum Gasteiger partial charge on any atom is 0.406 e. The average molecular weight is 305 g/mol. The van der Waals surface area contributed by atoms with Crippen molar-refractivity contribution in [2.75, 3.05) is 20.2 Å². The van der Waals surface area contributed by atoms with Crippen molar-refractivity contribution in [2.45, 2.75) is 12.6 Å². The molecule has 5 nitrogen and oxygen atoms in total. The molecule has 0 spiro atoms. The second kappa shape index (κ2) is 6.96. The van der Waals surface area contributed by atoms with E-state index in [1.165, 1.54) is 13.2 Å². The number of methoxy groups -OCH3 is 1. The van der Waals surface area contributed by atoms with Gasteiger partial charge < -0.3 is 14.7 Å². The van der Waals surface area contributed by atoms with Gasteiger partial charge in [-0.3, -0.25) is 9.59 Å². The van der Waals surface area contributed by atoms with E-state index in [1.54, 1.807) is 18.2 Å². The molecule has 1 aromatic rings. The highest BCUT2D eigenvalue weighted by Gasteiger charge is 2.34. The number of benzene rings is 1. The minimum atomic E-state index is -4.66. The van der Waals surface area contributed by atoms with Gasteiger partial charge >= 0.3 is 12.1 Å². The van der Waals surface area contributed by atoms with Crippen LogP contribution in [-0.2, 0) is 16.0 Å². The third-order valence-electron chi connectivity index (χ3n) is 2.58. The van der Waals surface area contributed by atoms with Crippen molar-refractivity contribution in [3.63, 3.8) is 0 Å². The quantitative estimate of drug-likeness (QED) is 0.869. The Bertz CT molecular complexity index is 516. The van der Waals surface area contributed by atoms with Crippen LogP contribution in [0.4, 0.5) is 13.2 Å². The van der Waals surface area contributed by atoms with Crippen LogP contribution < -0.4 is 4.74 Å². The zero-order chi connectivity index (χ0) is 16.0. The minimum Gasteiger partial charge on any atom is -0.496 e. The van der Waals surface area contributed by atoms with E-state index < -0.39 is 31.1 Å². The van der Waals surface area contributed by atoms with Gasteiger partial charge in [0.2, 0.25) is 5.91 Å². The zero-order valence-electron chi connectivity index (χ0n) is 11.2. The first-order valence-corrected chi connectivity index (χ1v) is 5.91. The van der Waals surface area contributed by atoms with Gasteiger partial charge in [-0.2, -0.15) is 13.2 Å². The molecule has 0 saturated carbocycles. The molecule has 0 aliphatic heterocycles. The van der Waals surface area contributed by atoms with Gasteiger partial charge in [-0.1, -0.05) is 18.2 Å². The lowest BCUT2D eigenvalue weighted by atomic mass is 10.1. The SMILES string of the molecule is COc1ccccc1CC(=O)N(CC(=O)O)CC(F)(F)F. The summed E-state index contributed by atoms with van der Waals surface area (Å²) >= 11 is 0. The van der Waals surface area contributed by atoms with E-state index in [0.717, 1.165) is 0 Å². The predicted molar refractivity (Wildman–Crippen MR) is 67.0 cm³/mol. The maximum atomic E-state index is 12.4. The topological polar surface area (TPSA) is 66.8 Å². The van der Waals surface area contributed by atoms with Crippen LogP contribution in [0, 0.1) is 0 Å². The molecule has 1 aromatic carbocycles. The van der Waals surface area contributed by atoms with Crippen LogP contribution in [0.5, 0.6) is 5.75 Å². The number of ether oxygens (including phenoxy) is 1. The molecular weight excluding hydrogens is 291 g/mol. The Hall–Kier alpha value is -2.25. The number of aliphatic carboxylic acids is 1. The molecule has 0 aliphatic carbocycles. The molecule has 0 heterocycles. The summed E-state index contributed by atoms with van der Waals surface area (Å²) in [6, 6.07) is 6.35. The summed E-state index contributed by atoms with van der Waals surface area (Å²) in [6.45, 7) is -2.61. The number of rotatable bonds is 6. The van der Waals surface area contributed by atoms with Crippen molar-refractivity contribution in [1.29, 1.82) is 0 Å². The van der Waals surface area contributed by atoms with Gasteiger partial charge in [-0.15, -0.1) is 0 Å². The molecule has 0 saturated heterocycles. The van der Waals surface area contributed by atoms with E-state index >= 15 is 0 Å². The molecule has 0 aromatic heterocycles. The molecule has 1 N–H and O–H groups in total. The maximum absolute atomic E-state index is 12.4.